The first-order valence-corrected chi connectivity index (χ1v) is 5.33. The van der Waals surface area contributed by atoms with Crippen LogP contribution in [0.1, 0.15) is 0 Å². The van der Waals surface area contributed by atoms with Gasteiger partial charge in [-0.3, -0.25) is 4.79 Å². The molecule has 0 radical (unpaired) electrons. The van der Waals surface area contributed by atoms with Crippen LogP contribution in [0, 0.1) is 0 Å². The molecule has 80 valence electrons. The van der Waals surface area contributed by atoms with Crippen molar-refractivity contribution in [2.45, 2.75) is 0 Å². The second-order valence-corrected chi connectivity index (χ2v) is 3.99. The molecular weight excluding hydrogens is 270 g/mol. The van der Waals surface area contributed by atoms with Crippen LogP contribution in [0.2, 0.25) is 0 Å². The second kappa shape index (κ2) is 4.40. The molecule has 0 aliphatic rings. The van der Waals surface area contributed by atoms with Crippen molar-refractivity contribution in [3.05, 3.63) is 41.7 Å². The molecule has 2 rings (SSSR count). The van der Waals surface area contributed by atoms with Gasteiger partial charge in [0.15, 0.2) is 0 Å². The van der Waals surface area contributed by atoms with Crippen LogP contribution >= 0.6 is 15.9 Å². The van der Waals surface area contributed by atoms with Crippen LogP contribution in [0.3, 0.4) is 0 Å². The summed E-state index contributed by atoms with van der Waals surface area (Å²) in [5, 5.41) is 3.42. The fourth-order valence-electron chi connectivity index (χ4n) is 1.30. The van der Waals surface area contributed by atoms with Gasteiger partial charge in [-0.05, 0) is 24.3 Å². The molecule has 0 spiro atoms. The van der Waals surface area contributed by atoms with Gasteiger partial charge in [0.05, 0.1) is 5.52 Å². The average molecular weight is 278 g/mol. The first kappa shape index (κ1) is 10.8. The molecule has 1 aromatic heterocycles. The number of hydrogen-bond acceptors (Lipinski definition) is 3. The second-order valence-electron chi connectivity index (χ2n) is 3.08. The highest BCUT2D eigenvalue weighted by molar-refractivity contribution is 9.10. The van der Waals surface area contributed by atoms with E-state index in [4.69, 9.17) is 0 Å². The van der Waals surface area contributed by atoms with E-state index >= 15 is 0 Å². The van der Waals surface area contributed by atoms with Crippen molar-refractivity contribution in [3.8, 4) is 0 Å². The molecule has 1 heterocycles. The Morgan fingerprint density at radius 2 is 2.25 bits per heavy atom. The Labute approximate surface area is 101 Å². The maximum atomic E-state index is 11.2. The molecule has 0 bridgehead atoms. The highest BCUT2D eigenvalue weighted by atomic mass is 79.9. The van der Waals surface area contributed by atoms with Gasteiger partial charge in [0, 0.05) is 9.86 Å². The summed E-state index contributed by atoms with van der Waals surface area (Å²) in [6, 6.07) is 5.59. The van der Waals surface area contributed by atoms with Gasteiger partial charge in [-0.1, -0.05) is 22.5 Å². The van der Waals surface area contributed by atoms with E-state index in [1.807, 2.05) is 18.2 Å². The number of halogens is 1. The Bertz CT molecular complexity index is 568. The molecule has 0 saturated carbocycles. The normalized spacial score (nSPS) is 10.1. The molecule has 5 heteroatoms. The van der Waals surface area contributed by atoms with Gasteiger partial charge in [-0.15, -0.1) is 0 Å². The molecule has 1 amide bonds. The third-order valence-corrected chi connectivity index (χ3v) is 2.52. The van der Waals surface area contributed by atoms with Crippen molar-refractivity contribution >= 4 is 38.6 Å². The van der Waals surface area contributed by atoms with Crippen molar-refractivity contribution in [3.63, 3.8) is 0 Å². The molecular formula is C11H8BrN3O. The van der Waals surface area contributed by atoms with E-state index in [9.17, 15) is 4.79 Å². The lowest BCUT2D eigenvalue weighted by Crippen LogP contribution is -2.09. The molecule has 16 heavy (non-hydrogen) atoms. The highest BCUT2D eigenvalue weighted by Gasteiger charge is 2.05. The number of benzene rings is 1. The number of amides is 1. The number of hydrogen-bond donors (Lipinski definition) is 1. The minimum atomic E-state index is -0.292. The number of nitrogens with one attached hydrogen (secondary N) is 1. The number of rotatable bonds is 2. The van der Waals surface area contributed by atoms with Crippen LogP contribution < -0.4 is 5.32 Å². The lowest BCUT2D eigenvalue weighted by atomic mass is 10.2. The summed E-state index contributed by atoms with van der Waals surface area (Å²) in [4.78, 5) is 19.3. The van der Waals surface area contributed by atoms with E-state index in [0.29, 0.717) is 5.82 Å². The fourth-order valence-corrected chi connectivity index (χ4v) is 1.66. The molecule has 0 saturated heterocycles. The SMILES string of the molecule is C=CC(=O)Nc1ncnc2ccc(Br)cc12. The van der Waals surface area contributed by atoms with Crippen LogP contribution in [0.15, 0.2) is 41.7 Å². The molecule has 0 atom stereocenters. The number of fused-ring (bicyclic) bond motifs is 1. The Morgan fingerprint density at radius 3 is 3.00 bits per heavy atom. The molecule has 2 aromatic rings. The summed E-state index contributed by atoms with van der Waals surface area (Å²) in [6.45, 7) is 3.39. The third-order valence-electron chi connectivity index (χ3n) is 2.02. The van der Waals surface area contributed by atoms with Crippen LogP contribution in [0.5, 0.6) is 0 Å². The van der Waals surface area contributed by atoms with Crippen LogP contribution in [0.25, 0.3) is 10.9 Å². The highest BCUT2D eigenvalue weighted by Crippen LogP contribution is 2.23. The summed E-state index contributed by atoms with van der Waals surface area (Å²) in [7, 11) is 0. The van der Waals surface area contributed by atoms with Crippen molar-refractivity contribution in [2.75, 3.05) is 5.32 Å². The smallest absolute Gasteiger partial charge is 0.248 e. The summed E-state index contributed by atoms with van der Waals surface area (Å²) in [5.74, 6) is 0.191. The summed E-state index contributed by atoms with van der Waals surface area (Å²) in [5.41, 5.74) is 0.776. The quantitative estimate of drug-likeness (QED) is 0.859. The molecule has 1 aromatic carbocycles. The molecule has 0 unspecified atom stereocenters. The zero-order chi connectivity index (χ0) is 11.5. The summed E-state index contributed by atoms with van der Waals surface area (Å²) < 4.78 is 0.906. The van der Waals surface area contributed by atoms with Gasteiger partial charge < -0.3 is 5.32 Å². The predicted molar refractivity (Wildman–Crippen MR) is 66.1 cm³/mol. The van der Waals surface area contributed by atoms with Crippen LogP contribution in [-0.2, 0) is 4.79 Å². The van der Waals surface area contributed by atoms with Gasteiger partial charge in [0.2, 0.25) is 5.91 Å². The fraction of sp³-hybridized carbons (Fsp3) is 0. The Balaban J connectivity index is 2.55. The monoisotopic (exact) mass is 277 g/mol. The summed E-state index contributed by atoms with van der Waals surface area (Å²) >= 11 is 3.36. The van der Waals surface area contributed by atoms with Crippen molar-refractivity contribution in [1.29, 1.82) is 0 Å². The summed E-state index contributed by atoms with van der Waals surface area (Å²) in [6.07, 6.45) is 2.61. The van der Waals surface area contributed by atoms with Gasteiger partial charge in [-0.25, -0.2) is 9.97 Å². The maximum Gasteiger partial charge on any atom is 0.248 e. The van der Waals surface area contributed by atoms with Crippen molar-refractivity contribution < 1.29 is 4.79 Å². The van der Waals surface area contributed by atoms with Crippen LogP contribution in [-0.4, -0.2) is 15.9 Å². The van der Waals surface area contributed by atoms with Crippen LogP contribution in [0.4, 0.5) is 5.82 Å². The molecule has 1 N–H and O–H groups in total. The van der Waals surface area contributed by atoms with Gasteiger partial charge in [0.1, 0.15) is 12.1 Å². The molecule has 0 aliphatic carbocycles. The Morgan fingerprint density at radius 1 is 1.44 bits per heavy atom. The molecule has 0 fully saturated rings. The zero-order valence-corrected chi connectivity index (χ0v) is 9.86. The Hall–Kier alpha value is -1.75. The van der Waals surface area contributed by atoms with E-state index in [1.54, 1.807) is 0 Å². The largest absolute Gasteiger partial charge is 0.306 e. The van der Waals surface area contributed by atoms with E-state index in [2.05, 4.69) is 37.8 Å². The third kappa shape index (κ3) is 2.09. The lowest BCUT2D eigenvalue weighted by Gasteiger charge is -2.05. The maximum absolute atomic E-state index is 11.2. The van der Waals surface area contributed by atoms with E-state index in [1.165, 1.54) is 12.4 Å². The van der Waals surface area contributed by atoms with Gasteiger partial charge >= 0.3 is 0 Å². The van der Waals surface area contributed by atoms with Crippen molar-refractivity contribution in [2.24, 2.45) is 0 Å². The predicted octanol–water partition coefficient (Wildman–Crippen LogP) is 2.52. The standard InChI is InChI=1S/C11H8BrN3O/c1-2-10(16)15-11-8-5-7(12)3-4-9(8)13-6-14-11/h2-6H,1H2,(H,13,14,15,16). The lowest BCUT2D eigenvalue weighted by molar-refractivity contribution is -0.111. The topological polar surface area (TPSA) is 54.9 Å². The van der Waals surface area contributed by atoms with E-state index in [-0.39, 0.29) is 5.91 Å². The molecule has 0 aliphatic heterocycles. The molecule has 4 nitrogen and oxygen atoms in total. The van der Waals surface area contributed by atoms with E-state index in [0.717, 1.165) is 15.4 Å². The minimum absolute atomic E-state index is 0.292. The minimum Gasteiger partial charge on any atom is -0.306 e. The Kier molecular flexibility index (Phi) is 2.96. The van der Waals surface area contributed by atoms with E-state index < -0.39 is 0 Å². The number of nitrogens with zero attached hydrogens (tertiary/aromatic N) is 2. The number of carbonyl (C=O) groups is 1. The van der Waals surface area contributed by atoms with Gasteiger partial charge in [-0.2, -0.15) is 0 Å². The number of anilines is 1. The number of carbonyl (C=O) groups excluding carboxylic acids is 1. The first-order valence-electron chi connectivity index (χ1n) is 4.54. The average Bonchev–Trinajstić information content (AvgIpc) is 2.29. The number of aromatic nitrogens is 2. The van der Waals surface area contributed by atoms with Crippen molar-refractivity contribution in [1.82, 2.24) is 9.97 Å². The zero-order valence-electron chi connectivity index (χ0n) is 8.27. The van der Waals surface area contributed by atoms with Gasteiger partial charge in [0.25, 0.3) is 0 Å². The first-order chi connectivity index (χ1) is 7.70.